The normalized spacial score (nSPS) is 12.3. The molecule has 0 aliphatic carbocycles. The lowest BCUT2D eigenvalue weighted by molar-refractivity contribution is -0.0239. The molecule has 0 bridgehead atoms. The molecule has 0 fully saturated rings. The van der Waals surface area contributed by atoms with Gasteiger partial charge in [0.2, 0.25) is 0 Å². The molecular formula is C43H81NO6. The second kappa shape index (κ2) is 39.8. The molecule has 0 radical (unpaired) electrons. The van der Waals surface area contributed by atoms with Gasteiger partial charge in [-0.1, -0.05) is 154 Å². The molecule has 50 heavy (non-hydrogen) atoms. The number of ether oxygens (including phenoxy) is 4. The van der Waals surface area contributed by atoms with Crippen LogP contribution in [0.25, 0.3) is 0 Å². The van der Waals surface area contributed by atoms with Crippen molar-refractivity contribution >= 4 is 12.3 Å². The Morgan fingerprint density at radius 3 is 1.18 bits per heavy atom. The van der Waals surface area contributed by atoms with E-state index in [9.17, 15) is 9.59 Å². The van der Waals surface area contributed by atoms with Crippen LogP contribution < -0.4 is 0 Å². The lowest BCUT2D eigenvalue weighted by atomic mass is 10.1. The van der Waals surface area contributed by atoms with Crippen LogP contribution in [0.2, 0.25) is 0 Å². The van der Waals surface area contributed by atoms with E-state index < -0.39 is 18.4 Å². The lowest BCUT2D eigenvalue weighted by Gasteiger charge is -2.20. The summed E-state index contributed by atoms with van der Waals surface area (Å²) in [7, 11) is 3.75. The molecule has 0 rings (SSSR count). The highest BCUT2D eigenvalue weighted by Gasteiger charge is 2.19. The van der Waals surface area contributed by atoms with Crippen LogP contribution in [0.1, 0.15) is 194 Å². The number of rotatable bonds is 37. The number of carbonyl (C=O) groups excluding carboxylic acids is 2. The molecule has 1 unspecified atom stereocenters. The van der Waals surface area contributed by atoms with Crippen LogP contribution in [0.4, 0.5) is 9.59 Å². The van der Waals surface area contributed by atoms with Crippen molar-refractivity contribution in [3.8, 4) is 0 Å². The third-order valence-corrected chi connectivity index (χ3v) is 8.97. The Kier molecular flexibility index (Phi) is 38.2. The van der Waals surface area contributed by atoms with Gasteiger partial charge in [-0.15, -0.1) is 0 Å². The molecule has 0 heterocycles. The molecule has 0 spiro atoms. The second-order valence-electron chi connectivity index (χ2n) is 14.4. The highest BCUT2D eigenvalue weighted by Crippen LogP contribution is 2.12. The van der Waals surface area contributed by atoms with Crippen molar-refractivity contribution < 1.29 is 28.5 Å². The number of nitrogens with zero attached hydrogens (tertiary/aromatic N) is 1. The standard InChI is InChI=1S/C43H81NO6/c1-5-7-9-11-13-15-17-19-21-23-25-27-29-31-33-35-37-47-42(45)49-40-41(39-44(3)4)50-43(46)48-38-36-34-32-30-28-26-24-22-20-18-16-14-12-10-8-6-2/h19-22,41H,5-18,23-40H2,1-4H3/b21-19-,22-20-. The highest BCUT2D eigenvalue weighted by molar-refractivity contribution is 5.61. The summed E-state index contributed by atoms with van der Waals surface area (Å²) in [6.45, 7) is 5.58. The van der Waals surface area contributed by atoms with Crippen molar-refractivity contribution in [2.45, 2.75) is 200 Å². The van der Waals surface area contributed by atoms with Crippen molar-refractivity contribution in [3.63, 3.8) is 0 Å². The smallest absolute Gasteiger partial charge is 0.434 e. The molecule has 0 saturated heterocycles. The summed E-state index contributed by atoms with van der Waals surface area (Å²) in [6, 6.07) is 0. The first-order chi connectivity index (χ1) is 24.5. The van der Waals surface area contributed by atoms with E-state index >= 15 is 0 Å². The van der Waals surface area contributed by atoms with E-state index in [1.54, 1.807) is 0 Å². The Balaban J connectivity index is 3.73. The van der Waals surface area contributed by atoms with Gasteiger partial charge in [0, 0.05) is 6.54 Å². The van der Waals surface area contributed by atoms with Crippen LogP contribution in [-0.4, -0.2) is 63.8 Å². The zero-order chi connectivity index (χ0) is 36.6. The Hall–Kier alpha value is -2.02. The molecule has 0 aliphatic heterocycles. The number of hydrogen-bond acceptors (Lipinski definition) is 7. The van der Waals surface area contributed by atoms with Gasteiger partial charge < -0.3 is 23.8 Å². The molecule has 0 aromatic heterocycles. The molecule has 0 N–H and O–H groups in total. The molecule has 0 aliphatic rings. The third kappa shape index (κ3) is 38.8. The summed E-state index contributed by atoms with van der Waals surface area (Å²) >= 11 is 0. The van der Waals surface area contributed by atoms with Crippen molar-refractivity contribution in [1.29, 1.82) is 0 Å². The number of carbonyl (C=O) groups is 2. The number of hydrogen-bond donors (Lipinski definition) is 0. The Labute approximate surface area is 309 Å². The van der Waals surface area contributed by atoms with E-state index in [2.05, 4.69) is 38.2 Å². The highest BCUT2D eigenvalue weighted by atomic mass is 16.8. The van der Waals surface area contributed by atoms with Crippen LogP contribution >= 0.6 is 0 Å². The maximum Gasteiger partial charge on any atom is 0.508 e. The van der Waals surface area contributed by atoms with Gasteiger partial charge in [-0.2, -0.15) is 0 Å². The Morgan fingerprint density at radius 2 is 0.800 bits per heavy atom. The first-order valence-corrected chi connectivity index (χ1v) is 21.1. The molecule has 7 nitrogen and oxygen atoms in total. The molecule has 1 atom stereocenters. The number of allylic oxidation sites excluding steroid dienone is 4. The van der Waals surface area contributed by atoms with Gasteiger partial charge in [-0.3, -0.25) is 0 Å². The van der Waals surface area contributed by atoms with Crippen LogP contribution in [0.3, 0.4) is 0 Å². The fourth-order valence-corrected chi connectivity index (χ4v) is 5.91. The average molecular weight is 708 g/mol. The van der Waals surface area contributed by atoms with Crippen molar-refractivity contribution in [2.75, 3.05) is 40.5 Å². The minimum atomic E-state index is -0.720. The maximum atomic E-state index is 12.2. The predicted molar refractivity (Wildman–Crippen MR) is 211 cm³/mol. The summed E-state index contributed by atoms with van der Waals surface area (Å²) in [5.74, 6) is 0. The largest absolute Gasteiger partial charge is 0.508 e. The summed E-state index contributed by atoms with van der Waals surface area (Å²) in [5.41, 5.74) is 0. The minimum Gasteiger partial charge on any atom is -0.434 e. The topological polar surface area (TPSA) is 74.3 Å². The average Bonchev–Trinajstić information content (AvgIpc) is 3.09. The number of likely N-dealkylation sites (N-methyl/N-ethyl adjacent to an activating group) is 1. The van der Waals surface area contributed by atoms with Gasteiger partial charge in [-0.25, -0.2) is 9.59 Å². The molecule has 0 saturated carbocycles. The van der Waals surface area contributed by atoms with E-state index in [1.807, 2.05) is 19.0 Å². The maximum absolute atomic E-state index is 12.2. The quantitative estimate of drug-likeness (QED) is 0.0361. The first-order valence-electron chi connectivity index (χ1n) is 21.1. The van der Waals surface area contributed by atoms with Crippen LogP contribution in [0.5, 0.6) is 0 Å². The fourth-order valence-electron chi connectivity index (χ4n) is 5.91. The summed E-state index contributed by atoms with van der Waals surface area (Å²) in [4.78, 5) is 26.2. The molecule has 0 aromatic rings. The van der Waals surface area contributed by atoms with Crippen LogP contribution in [0, 0.1) is 0 Å². The van der Waals surface area contributed by atoms with Crippen molar-refractivity contribution in [3.05, 3.63) is 24.3 Å². The summed E-state index contributed by atoms with van der Waals surface area (Å²) in [6.07, 6.45) is 41.9. The second-order valence-corrected chi connectivity index (χ2v) is 14.4. The van der Waals surface area contributed by atoms with Crippen LogP contribution in [0.15, 0.2) is 24.3 Å². The van der Waals surface area contributed by atoms with Gasteiger partial charge in [0.05, 0.1) is 13.2 Å². The van der Waals surface area contributed by atoms with Gasteiger partial charge in [0.15, 0.2) is 6.10 Å². The molecule has 0 aromatic carbocycles. The van der Waals surface area contributed by atoms with E-state index in [4.69, 9.17) is 18.9 Å². The number of unbranched alkanes of at least 4 members (excludes halogenated alkanes) is 24. The summed E-state index contributed by atoms with van der Waals surface area (Å²) < 4.78 is 21.2. The first kappa shape index (κ1) is 48.0. The molecule has 294 valence electrons. The zero-order valence-electron chi connectivity index (χ0n) is 33.4. The van der Waals surface area contributed by atoms with E-state index in [1.165, 1.54) is 141 Å². The van der Waals surface area contributed by atoms with Gasteiger partial charge in [-0.05, 0) is 78.3 Å². The SMILES string of the molecule is CCCCCCCC/C=C\CCCCCCCCOC(=O)OCC(CN(C)C)OC(=O)OCCCCCCCC/C=C\CCCCCCCC. The zero-order valence-corrected chi connectivity index (χ0v) is 33.4. The fraction of sp³-hybridized carbons (Fsp3) is 0.860. The predicted octanol–water partition coefficient (Wildman–Crippen LogP) is 13.3. The third-order valence-electron chi connectivity index (χ3n) is 8.97. The van der Waals surface area contributed by atoms with E-state index in [-0.39, 0.29) is 6.61 Å². The Bertz CT molecular complexity index is 783. The molecule has 7 heteroatoms. The van der Waals surface area contributed by atoms with Crippen molar-refractivity contribution in [1.82, 2.24) is 4.90 Å². The van der Waals surface area contributed by atoms with Crippen LogP contribution in [-0.2, 0) is 18.9 Å². The van der Waals surface area contributed by atoms with Gasteiger partial charge in [0.1, 0.15) is 6.61 Å². The lowest BCUT2D eigenvalue weighted by Crippen LogP contribution is -2.35. The molecule has 0 amide bonds. The van der Waals surface area contributed by atoms with Gasteiger partial charge >= 0.3 is 12.3 Å². The van der Waals surface area contributed by atoms with Crippen molar-refractivity contribution in [2.24, 2.45) is 0 Å². The van der Waals surface area contributed by atoms with Gasteiger partial charge in [0.25, 0.3) is 0 Å². The monoisotopic (exact) mass is 708 g/mol. The minimum absolute atomic E-state index is 0.0618. The van der Waals surface area contributed by atoms with E-state index in [0.717, 1.165) is 38.5 Å². The Morgan fingerprint density at radius 1 is 0.460 bits per heavy atom. The van der Waals surface area contributed by atoms with E-state index in [0.29, 0.717) is 19.8 Å². The summed E-state index contributed by atoms with van der Waals surface area (Å²) in [5, 5.41) is 0. The molecular weight excluding hydrogens is 626 g/mol.